The lowest BCUT2D eigenvalue weighted by atomic mass is 9.99. The topological polar surface area (TPSA) is 50.9 Å². The molecule has 0 aliphatic carbocycles. The van der Waals surface area contributed by atoms with Gasteiger partial charge in [0.2, 0.25) is 0 Å². The molecule has 0 amide bonds. The minimum atomic E-state index is 0.379. The molecule has 3 nitrogen and oxygen atoms in total. The molecule has 0 spiro atoms. The van der Waals surface area contributed by atoms with E-state index >= 15 is 0 Å². The summed E-state index contributed by atoms with van der Waals surface area (Å²) in [5.74, 6) is 0.832. The monoisotopic (exact) mass is 275 g/mol. The van der Waals surface area contributed by atoms with Gasteiger partial charge in [0, 0.05) is 43.0 Å². The molecule has 0 saturated heterocycles. The minimum Gasteiger partial charge on any atom is -0.330 e. The number of nitrogens with zero attached hydrogens (tertiary/aromatic N) is 1. The van der Waals surface area contributed by atoms with E-state index in [1.165, 1.54) is 10.6 Å². The molecule has 1 aromatic carbocycles. The highest BCUT2D eigenvalue weighted by Gasteiger charge is 2.11. The summed E-state index contributed by atoms with van der Waals surface area (Å²) >= 11 is 1.72. The van der Waals surface area contributed by atoms with Crippen LogP contribution in [0.4, 0.5) is 0 Å². The molecule has 2 rings (SSSR count). The van der Waals surface area contributed by atoms with Crippen molar-refractivity contribution in [2.24, 2.45) is 5.73 Å². The van der Waals surface area contributed by atoms with E-state index < -0.39 is 0 Å². The van der Waals surface area contributed by atoms with Crippen molar-refractivity contribution < 1.29 is 0 Å². The van der Waals surface area contributed by atoms with Crippen molar-refractivity contribution in [2.75, 3.05) is 19.6 Å². The van der Waals surface area contributed by atoms with Gasteiger partial charge in [-0.15, -0.1) is 11.3 Å². The van der Waals surface area contributed by atoms with Crippen molar-refractivity contribution >= 4 is 11.3 Å². The second-order valence-corrected chi connectivity index (χ2v) is 5.70. The summed E-state index contributed by atoms with van der Waals surface area (Å²) in [7, 11) is 0. The van der Waals surface area contributed by atoms with Crippen LogP contribution in [0.3, 0.4) is 0 Å². The molecule has 2 atom stereocenters. The first-order valence-corrected chi connectivity index (χ1v) is 7.54. The summed E-state index contributed by atoms with van der Waals surface area (Å²) in [5, 5.41) is 6.73. The molecule has 102 valence electrons. The molecule has 4 heteroatoms. The Morgan fingerprint density at radius 3 is 2.68 bits per heavy atom. The Balaban J connectivity index is 1.81. The predicted octanol–water partition coefficient (Wildman–Crippen LogP) is 2.58. The first-order chi connectivity index (χ1) is 9.31. The number of rotatable bonds is 7. The lowest BCUT2D eigenvalue weighted by Crippen LogP contribution is -2.29. The van der Waals surface area contributed by atoms with Gasteiger partial charge in [-0.3, -0.25) is 0 Å². The fourth-order valence-corrected chi connectivity index (χ4v) is 2.80. The van der Waals surface area contributed by atoms with Crippen molar-refractivity contribution in [3.8, 4) is 0 Å². The van der Waals surface area contributed by atoms with Gasteiger partial charge in [-0.2, -0.15) is 0 Å². The number of thiazole rings is 1. The molecule has 2 aromatic rings. The highest BCUT2D eigenvalue weighted by Crippen LogP contribution is 2.17. The molecule has 0 aliphatic rings. The van der Waals surface area contributed by atoms with Crippen LogP contribution in [0.1, 0.15) is 29.3 Å². The molecule has 19 heavy (non-hydrogen) atoms. The maximum Gasteiger partial charge on any atom is 0.0965 e. The van der Waals surface area contributed by atoms with Crippen LogP contribution in [0.2, 0.25) is 0 Å². The van der Waals surface area contributed by atoms with E-state index in [2.05, 4.69) is 41.5 Å². The molecule has 1 aromatic heterocycles. The van der Waals surface area contributed by atoms with Gasteiger partial charge in [-0.25, -0.2) is 4.98 Å². The SMILES string of the molecule is CC(CNCC(CN)c1ccccc1)c1nccs1. The van der Waals surface area contributed by atoms with Crippen LogP contribution in [0.15, 0.2) is 41.9 Å². The fourth-order valence-electron chi connectivity index (χ4n) is 2.10. The molecule has 0 aliphatic heterocycles. The summed E-state index contributed by atoms with van der Waals surface area (Å²) in [6.45, 7) is 4.72. The third-order valence-electron chi connectivity index (χ3n) is 3.27. The zero-order chi connectivity index (χ0) is 13.5. The Morgan fingerprint density at radius 1 is 1.26 bits per heavy atom. The quantitative estimate of drug-likeness (QED) is 0.816. The van der Waals surface area contributed by atoms with E-state index in [4.69, 9.17) is 5.73 Å². The lowest BCUT2D eigenvalue weighted by Gasteiger charge is -2.17. The van der Waals surface area contributed by atoms with E-state index in [-0.39, 0.29) is 0 Å². The van der Waals surface area contributed by atoms with E-state index in [9.17, 15) is 0 Å². The zero-order valence-corrected chi connectivity index (χ0v) is 12.1. The standard InChI is InChI=1S/C15H21N3S/c1-12(15-18-7-8-19-15)10-17-11-14(9-16)13-5-3-2-4-6-13/h2-8,12,14,17H,9-11,16H2,1H3. The van der Waals surface area contributed by atoms with Crippen LogP contribution in [0, 0.1) is 0 Å². The van der Waals surface area contributed by atoms with Gasteiger partial charge in [0.15, 0.2) is 0 Å². The van der Waals surface area contributed by atoms with Gasteiger partial charge in [-0.1, -0.05) is 37.3 Å². The van der Waals surface area contributed by atoms with Crippen LogP contribution >= 0.6 is 11.3 Å². The Kier molecular flexibility index (Phi) is 5.51. The van der Waals surface area contributed by atoms with Gasteiger partial charge in [0.1, 0.15) is 0 Å². The average molecular weight is 275 g/mol. The number of hydrogen-bond acceptors (Lipinski definition) is 4. The molecule has 1 heterocycles. The fraction of sp³-hybridized carbons (Fsp3) is 0.400. The molecular weight excluding hydrogens is 254 g/mol. The van der Waals surface area contributed by atoms with Crippen LogP contribution in [0.5, 0.6) is 0 Å². The zero-order valence-electron chi connectivity index (χ0n) is 11.3. The second-order valence-electron chi connectivity index (χ2n) is 4.77. The number of hydrogen-bond donors (Lipinski definition) is 2. The van der Waals surface area contributed by atoms with Gasteiger partial charge in [0.05, 0.1) is 5.01 Å². The number of benzene rings is 1. The van der Waals surface area contributed by atoms with Crippen molar-refractivity contribution in [1.82, 2.24) is 10.3 Å². The van der Waals surface area contributed by atoms with Crippen LogP contribution in [-0.2, 0) is 0 Å². The first kappa shape index (κ1) is 14.2. The minimum absolute atomic E-state index is 0.379. The molecular formula is C15H21N3S. The largest absolute Gasteiger partial charge is 0.330 e. The summed E-state index contributed by atoms with van der Waals surface area (Å²) in [6, 6.07) is 10.5. The Labute approximate surface area is 118 Å². The lowest BCUT2D eigenvalue weighted by molar-refractivity contribution is 0.556. The predicted molar refractivity (Wildman–Crippen MR) is 81.6 cm³/mol. The molecule has 2 unspecified atom stereocenters. The smallest absolute Gasteiger partial charge is 0.0965 e. The first-order valence-electron chi connectivity index (χ1n) is 6.66. The van der Waals surface area contributed by atoms with Crippen molar-refractivity contribution in [2.45, 2.75) is 18.8 Å². The normalized spacial score (nSPS) is 14.2. The van der Waals surface area contributed by atoms with Gasteiger partial charge >= 0.3 is 0 Å². The van der Waals surface area contributed by atoms with Crippen molar-refractivity contribution in [3.05, 3.63) is 52.5 Å². The van der Waals surface area contributed by atoms with Crippen LogP contribution in [-0.4, -0.2) is 24.6 Å². The van der Waals surface area contributed by atoms with Gasteiger partial charge < -0.3 is 11.1 Å². The summed E-state index contributed by atoms with van der Waals surface area (Å²) in [6.07, 6.45) is 1.86. The number of nitrogens with two attached hydrogens (primary N) is 1. The van der Waals surface area contributed by atoms with E-state index in [1.807, 2.05) is 17.6 Å². The van der Waals surface area contributed by atoms with E-state index in [1.54, 1.807) is 11.3 Å². The number of nitrogens with one attached hydrogen (secondary N) is 1. The maximum absolute atomic E-state index is 5.87. The van der Waals surface area contributed by atoms with E-state index in [0.717, 1.165) is 13.1 Å². The Morgan fingerprint density at radius 2 is 2.05 bits per heavy atom. The highest BCUT2D eigenvalue weighted by molar-refractivity contribution is 7.09. The van der Waals surface area contributed by atoms with E-state index in [0.29, 0.717) is 18.4 Å². The van der Waals surface area contributed by atoms with Gasteiger partial charge in [0.25, 0.3) is 0 Å². The third-order valence-corrected chi connectivity index (χ3v) is 4.28. The van der Waals surface area contributed by atoms with Crippen LogP contribution < -0.4 is 11.1 Å². The van der Waals surface area contributed by atoms with Crippen molar-refractivity contribution in [1.29, 1.82) is 0 Å². The highest BCUT2D eigenvalue weighted by atomic mass is 32.1. The second kappa shape index (κ2) is 7.38. The average Bonchev–Trinajstić information content (AvgIpc) is 2.98. The molecule has 0 radical (unpaired) electrons. The maximum atomic E-state index is 5.87. The Bertz CT molecular complexity index is 456. The summed E-state index contributed by atoms with van der Waals surface area (Å²) < 4.78 is 0. The Hall–Kier alpha value is -1.23. The van der Waals surface area contributed by atoms with Crippen molar-refractivity contribution in [3.63, 3.8) is 0 Å². The van der Waals surface area contributed by atoms with Crippen LogP contribution in [0.25, 0.3) is 0 Å². The summed E-state index contributed by atoms with van der Waals surface area (Å²) in [5.41, 5.74) is 7.17. The number of aromatic nitrogens is 1. The molecule has 0 bridgehead atoms. The van der Waals surface area contributed by atoms with Gasteiger partial charge in [-0.05, 0) is 5.56 Å². The molecule has 0 fully saturated rings. The molecule has 0 saturated carbocycles. The molecule has 3 N–H and O–H groups in total. The summed E-state index contributed by atoms with van der Waals surface area (Å²) in [4.78, 5) is 4.35. The third kappa shape index (κ3) is 4.13.